The number of methoxy groups -OCH3 is 1. The monoisotopic (exact) mass is 269 g/mol. The Labute approximate surface area is 110 Å². The molecule has 5 nitrogen and oxygen atoms in total. The largest absolute Gasteiger partial charge is 0.480 e. The van der Waals surface area contributed by atoms with E-state index in [9.17, 15) is 14.0 Å². The maximum atomic E-state index is 13.2. The second-order valence-corrected chi connectivity index (χ2v) is 4.16. The van der Waals surface area contributed by atoms with Crippen LogP contribution in [0.4, 0.5) is 4.39 Å². The Morgan fingerprint density at radius 3 is 2.63 bits per heavy atom. The summed E-state index contributed by atoms with van der Waals surface area (Å²) in [6.45, 7) is 1.86. The normalized spacial score (nSPS) is 11.9. The molecule has 0 spiro atoms. The minimum Gasteiger partial charge on any atom is -0.480 e. The predicted molar refractivity (Wildman–Crippen MR) is 66.5 cm³/mol. The van der Waals surface area contributed by atoms with Crippen LogP contribution in [0.2, 0.25) is 0 Å². The third-order valence-electron chi connectivity index (χ3n) is 2.52. The maximum absolute atomic E-state index is 13.2. The van der Waals surface area contributed by atoms with Crippen LogP contribution >= 0.6 is 0 Å². The number of amides is 1. The Morgan fingerprint density at radius 1 is 1.42 bits per heavy atom. The van der Waals surface area contributed by atoms with Gasteiger partial charge in [-0.2, -0.15) is 0 Å². The Balaban J connectivity index is 2.78. The number of rotatable bonds is 6. The van der Waals surface area contributed by atoms with Gasteiger partial charge in [0.2, 0.25) is 0 Å². The van der Waals surface area contributed by atoms with Gasteiger partial charge < -0.3 is 15.2 Å². The molecule has 2 N–H and O–H groups in total. The van der Waals surface area contributed by atoms with Crippen molar-refractivity contribution >= 4 is 11.9 Å². The van der Waals surface area contributed by atoms with Crippen LogP contribution in [0.1, 0.15) is 22.3 Å². The highest BCUT2D eigenvalue weighted by Crippen LogP contribution is 2.09. The van der Waals surface area contributed by atoms with Crippen LogP contribution in [-0.2, 0) is 9.53 Å². The van der Waals surface area contributed by atoms with Crippen LogP contribution in [0.5, 0.6) is 0 Å². The fourth-order valence-corrected chi connectivity index (χ4v) is 1.60. The van der Waals surface area contributed by atoms with Gasteiger partial charge >= 0.3 is 5.97 Å². The van der Waals surface area contributed by atoms with E-state index in [0.29, 0.717) is 5.56 Å². The van der Waals surface area contributed by atoms with Gasteiger partial charge in [-0.25, -0.2) is 9.18 Å². The highest BCUT2D eigenvalue weighted by Gasteiger charge is 2.20. The van der Waals surface area contributed by atoms with E-state index in [1.807, 2.05) is 0 Å². The molecule has 6 heteroatoms. The minimum atomic E-state index is -1.15. The van der Waals surface area contributed by atoms with Crippen LogP contribution in [-0.4, -0.2) is 36.7 Å². The van der Waals surface area contributed by atoms with E-state index in [1.54, 1.807) is 6.92 Å². The van der Waals surface area contributed by atoms with Gasteiger partial charge in [-0.3, -0.25) is 4.79 Å². The Morgan fingerprint density at radius 2 is 2.11 bits per heavy atom. The summed E-state index contributed by atoms with van der Waals surface area (Å²) in [5, 5.41) is 11.3. The lowest BCUT2D eigenvalue weighted by Gasteiger charge is -2.14. The fraction of sp³-hybridized carbons (Fsp3) is 0.385. The first-order valence-corrected chi connectivity index (χ1v) is 5.74. The van der Waals surface area contributed by atoms with Crippen molar-refractivity contribution in [3.63, 3.8) is 0 Å². The fourth-order valence-electron chi connectivity index (χ4n) is 1.60. The number of ether oxygens (including phenoxy) is 1. The predicted octanol–water partition coefficient (Wildman–Crippen LogP) is 1.35. The molecule has 1 atom stereocenters. The highest BCUT2D eigenvalue weighted by atomic mass is 19.1. The smallest absolute Gasteiger partial charge is 0.326 e. The molecular formula is C13H16FNO4. The van der Waals surface area contributed by atoms with Crippen molar-refractivity contribution in [3.8, 4) is 0 Å². The van der Waals surface area contributed by atoms with Crippen molar-refractivity contribution in [3.05, 3.63) is 35.1 Å². The molecule has 0 aliphatic heterocycles. The standard InChI is InChI=1S/C13H16FNO4/c1-8-5-9(7-10(14)6-8)12(16)15-11(13(17)18)3-4-19-2/h5-7,11H,3-4H2,1-2H3,(H,15,16)(H,17,18). The molecule has 1 aromatic carbocycles. The lowest BCUT2D eigenvalue weighted by atomic mass is 10.1. The van der Waals surface area contributed by atoms with Gasteiger partial charge in [-0.05, 0) is 30.7 Å². The molecule has 0 fully saturated rings. The van der Waals surface area contributed by atoms with E-state index >= 15 is 0 Å². The van der Waals surface area contributed by atoms with Crippen molar-refractivity contribution in [1.29, 1.82) is 0 Å². The zero-order valence-electron chi connectivity index (χ0n) is 10.8. The number of hydrogen-bond donors (Lipinski definition) is 2. The molecule has 0 saturated carbocycles. The number of aryl methyl sites for hydroxylation is 1. The molecule has 0 bridgehead atoms. The van der Waals surface area contributed by atoms with Crippen molar-refractivity contribution < 1.29 is 23.8 Å². The molecule has 0 aliphatic rings. The van der Waals surface area contributed by atoms with Crippen molar-refractivity contribution in [2.45, 2.75) is 19.4 Å². The topological polar surface area (TPSA) is 75.6 Å². The van der Waals surface area contributed by atoms with E-state index < -0.39 is 23.7 Å². The van der Waals surface area contributed by atoms with E-state index in [4.69, 9.17) is 9.84 Å². The number of carbonyl (C=O) groups is 2. The lowest BCUT2D eigenvalue weighted by molar-refractivity contribution is -0.139. The first-order valence-electron chi connectivity index (χ1n) is 5.74. The average molecular weight is 269 g/mol. The van der Waals surface area contributed by atoms with Gasteiger partial charge in [0.05, 0.1) is 0 Å². The van der Waals surface area contributed by atoms with E-state index in [0.717, 1.165) is 6.07 Å². The second kappa shape index (κ2) is 6.84. The molecule has 0 heterocycles. The third kappa shape index (κ3) is 4.67. The van der Waals surface area contributed by atoms with E-state index in [-0.39, 0.29) is 18.6 Å². The number of carboxylic acids is 1. The summed E-state index contributed by atoms with van der Waals surface area (Å²) in [6, 6.07) is 2.79. The average Bonchev–Trinajstić information content (AvgIpc) is 2.32. The molecule has 1 rings (SSSR count). The summed E-state index contributed by atoms with van der Waals surface area (Å²) in [7, 11) is 1.44. The van der Waals surface area contributed by atoms with Gasteiger partial charge in [-0.1, -0.05) is 0 Å². The number of nitrogens with one attached hydrogen (secondary N) is 1. The molecule has 0 saturated heterocycles. The molecule has 1 amide bonds. The number of halogens is 1. The number of carboxylic acid groups (broad SMARTS) is 1. The highest BCUT2D eigenvalue weighted by molar-refractivity contribution is 5.96. The minimum absolute atomic E-state index is 0.0983. The maximum Gasteiger partial charge on any atom is 0.326 e. The Bertz CT molecular complexity index is 455. The number of benzene rings is 1. The van der Waals surface area contributed by atoms with Crippen LogP contribution < -0.4 is 5.32 Å². The molecule has 1 unspecified atom stereocenters. The van der Waals surface area contributed by atoms with Crippen LogP contribution in [0.15, 0.2) is 18.2 Å². The SMILES string of the molecule is COCCC(NC(=O)c1cc(C)cc(F)c1)C(=O)O. The Kier molecular flexibility index (Phi) is 5.44. The third-order valence-corrected chi connectivity index (χ3v) is 2.52. The summed E-state index contributed by atoms with van der Waals surface area (Å²) >= 11 is 0. The molecule has 0 aromatic heterocycles. The van der Waals surface area contributed by atoms with Gasteiger partial charge in [-0.15, -0.1) is 0 Å². The number of carbonyl (C=O) groups excluding carboxylic acids is 1. The summed E-state index contributed by atoms with van der Waals surface area (Å²) in [5.41, 5.74) is 0.690. The van der Waals surface area contributed by atoms with Gasteiger partial charge in [0, 0.05) is 25.7 Å². The van der Waals surface area contributed by atoms with Crippen LogP contribution in [0.25, 0.3) is 0 Å². The molecule has 0 radical (unpaired) electrons. The molecule has 104 valence electrons. The number of hydrogen-bond acceptors (Lipinski definition) is 3. The van der Waals surface area contributed by atoms with Crippen molar-refractivity contribution in [2.24, 2.45) is 0 Å². The van der Waals surface area contributed by atoms with Crippen LogP contribution in [0.3, 0.4) is 0 Å². The summed E-state index contributed by atoms with van der Waals surface area (Å²) in [5.74, 6) is -2.31. The zero-order valence-corrected chi connectivity index (χ0v) is 10.8. The molecule has 19 heavy (non-hydrogen) atoms. The molecular weight excluding hydrogens is 253 g/mol. The summed E-state index contributed by atoms with van der Waals surface area (Å²) < 4.78 is 17.9. The van der Waals surface area contributed by atoms with E-state index in [2.05, 4.69) is 5.32 Å². The van der Waals surface area contributed by atoms with Gasteiger partial charge in [0.25, 0.3) is 5.91 Å². The van der Waals surface area contributed by atoms with E-state index in [1.165, 1.54) is 19.2 Å². The van der Waals surface area contributed by atoms with Gasteiger partial charge in [0.15, 0.2) is 0 Å². The zero-order chi connectivity index (χ0) is 14.4. The first-order chi connectivity index (χ1) is 8.93. The lowest BCUT2D eigenvalue weighted by Crippen LogP contribution is -2.41. The van der Waals surface area contributed by atoms with Crippen LogP contribution in [0, 0.1) is 12.7 Å². The number of aliphatic carboxylic acids is 1. The summed E-state index contributed by atoms with van der Waals surface area (Å²) in [6.07, 6.45) is 0.145. The van der Waals surface area contributed by atoms with Gasteiger partial charge in [0.1, 0.15) is 11.9 Å². The first kappa shape index (κ1) is 15.1. The quantitative estimate of drug-likeness (QED) is 0.817. The van der Waals surface area contributed by atoms with Crippen molar-refractivity contribution in [2.75, 3.05) is 13.7 Å². The Hall–Kier alpha value is -1.95. The second-order valence-electron chi connectivity index (χ2n) is 4.16. The summed E-state index contributed by atoms with van der Waals surface area (Å²) in [4.78, 5) is 22.8. The van der Waals surface area contributed by atoms with Crippen molar-refractivity contribution in [1.82, 2.24) is 5.32 Å². The molecule has 0 aliphatic carbocycles. The molecule has 1 aromatic rings.